The largest absolute Gasteiger partial charge is 0.245 e. The molecule has 0 radical (unpaired) electrons. The van der Waals surface area contributed by atoms with Crippen molar-refractivity contribution in [1.29, 1.82) is 0 Å². The molecule has 0 aliphatic carbocycles. The molecule has 70 valence electrons. The van der Waals surface area contributed by atoms with Gasteiger partial charge in [-0.05, 0) is 13.8 Å². The van der Waals surface area contributed by atoms with Crippen molar-refractivity contribution in [2.24, 2.45) is 0 Å². The van der Waals surface area contributed by atoms with Gasteiger partial charge in [0.15, 0.2) is 0 Å². The Bertz CT molecular complexity index is 72.0. The molecule has 0 aromatic carbocycles. The lowest BCUT2D eigenvalue weighted by molar-refractivity contribution is 0.00352. The lowest BCUT2D eigenvalue weighted by atomic mass is 10.4. The normalized spacial score (nSPS) is 10.4. The van der Waals surface area contributed by atoms with E-state index in [1.165, 1.54) is 0 Å². The van der Waals surface area contributed by atoms with Crippen LogP contribution in [0, 0.1) is 0 Å². The molecule has 2 nitrogen and oxygen atoms in total. The van der Waals surface area contributed by atoms with Crippen LogP contribution in [0.5, 0.6) is 0 Å². The highest BCUT2D eigenvalue weighted by Crippen LogP contribution is 1.95. The summed E-state index contributed by atoms with van der Waals surface area (Å²) < 4.78 is 0. The maximum Gasteiger partial charge on any atom is 0.0186 e. The van der Waals surface area contributed by atoms with Crippen molar-refractivity contribution in [3.63, 3.8) is 0 Å². The first kappa shape index (κ1) is 13.5. The van der Waals surface area contributed by atoms with Crippen LogP contribution in [0.3, 0.4) is 0 Å². The Hall–Kier alpha value is -0.0800. The fraction of sp³-hybridized carbons (Fsp3) is 1.00. The maximum atomic E-state index is 2.22. The summed E-state index contributed by atoms with van der Waals surface area (Å²) in [6, 6.07) is 0.606. The summed E-state index contributed by atoms with van der Waals surface area (Å²) in [7, 11) is 4.20. The smallest absolute Gasteiger partial charge is 0.0186 e. The van der Waals surface area contributed by atoms with Crippen LogP contribution in [0.2, 0.25) is 0 Å². The molecule has 0 rings (SSSR count). The van der Waals surface area contributed by atoms with Gasteiger partial charge >= 0.3 is 0 Å². The fourth-order valence-corrected chi connectivity index (χ4v) is 0.617. The quantitative estimate of drug-likeness (QED) is 0.584. The highest BCUT2D eigenvalue weighted by Gasteiger charge is 2.05. The third-order valence-electron chi connectivity index (χ3n) is 1.74. The summed E-state index contributed by atoms with van der Waals surface area (Å²) in [5.41, 5.74) is 0. The molecule has 2 heteroatoms. The number of hydrazine groups is 1. The molecule has 0 aromatic rings. The van der Waals surface area contributed by atoms with E-state index >= 15 is 0 Å². The number of hydrogen-bond acceptors (Lipinski definition) is 2. The molecule has 0 aliphatic heterocycles. The monoisotopic (exact) mass is 160 g/mol. The van der Waals surface area contributed by atoms with E-state index in [0.717, 1.165) is 6.54 Å². The zero-order chi connectivity index (χ0) is 9.44. The van der Waals surface area contributed by atoms with Crippen LogP contribution in [0.15, 0.2) is 0 Å². The van der Waals surface area contributed by atoms with Crippen LogP contribution in [-0.4, -0.2) is 36.7 Å². The zero-order valence-corrected chi connectivity index (χ0v) is 9.18. The van der Waals surface area contributed by atoms with E-state index < -0.39 is 0 Å². The predicted molar refractivity (Wildman–Crippen MR) is 52.6 cm³/mol. The fourth-order valence-electron chi connectivity index (χ4n) is 0.617. The average molecular weight is 160 g/mol. The van der Waals surface area contributed by atoms with Gasteiger partial charge in [-0.1, -0.05) is 20.8 Å². The lowest BCUT2D eigenvalue weighted by Gasteiger charge is -2.30. The van der Waals surface area contributed by atoms with E-state index in [9.17, 15) is 0 Å². The summed E-state index contributed by atoms with van der Waals surface area (Å²) in [6.07, 6.45) is 0. The van der Waals surface area contributed by atoms with Gasteiger partial charge in [0, 0.05) is 26.7 Å². The predicted octanol–water partition coefficient (Wildman–Crippen LogP) is 2.22. The first-order valence-corrected chi connectivity index (χ1v) is 4.53. The Morgan fingerprint density at radius 3 is 1.55 bits per heavy atom. The number of hydrogen-bond donors (Lipinski definition) is 0. The van der Waals surface area contributed by atoms with E-state index in [-0.39, 0.29) is 0 Å². The molecule has 0 amide bonds. The molecule has 0 fully saturated rings. The van der Waals surface area contributed by atoms with Gasteiger partial charge in [-0.3, -0.25) is 0 Å². The van der Waals surface area contributed by atoms with Gasteiger partial charge in [-0.25, -0.2) is 10.0 Å². The number of rotatable bonds is 3. The first-order valence-electron chi connectivity index (χ1n) is 4.53. The summed E-state index contributed by atoms with van der Waals surface area (Å²) in [6.45, 7) is 11.6. The van der Waals surface area contributed by atoms with E-state index in [4.69, 9.17) is 0 Å². The van der Waals surface area contributed by atoms with Gasteiger partial charge in [0.05, 0.1) is 0 Å². The second-order valence-electron chi connectivity index (χ2n) is 2.64. The van der Waals surface area contributed by atoms with Crippen molar-refractivity contribution in [3.05, 3.63) is 0 Å². The minimum Gasteiger partial charge on any atom is -0.245 e. The van der Waals surface area contributed by atoms with Crippen molar-refractivity contribution in [1.82, 2.24) is 10.0 Å². The molecule has 0 unspecified atom stereocenters. The minimum absolute atomic E-state index is 0.606. The third kappa shape index (κ3) is 6.32. The molecule has 0 aliphatic rings. The Balaban J connectivity index is 0. The molecule has 0 heterocycles. The standard InChI is InChI=1S/C7H18N2.C2H6/c1-6-8(4)9(5)7(2)3;1-2/h7H,6H2,1-5H3;1-2H3. The Morgan fingerprint density at radius 2 is 1.45 bits per heavy atom. The van der Waals surface area contributed by atoms with Crippen molar-refractivity contribution in [2.75, 3.05) is 20.6 Å². The SMILES string of the molecule is CC.CCN(C)N(C)C(C)C. The average Bonchev–Trinajstić information content (AvgIpc) is 2.05. The molecule has 0 N–H and O–H groups in total. The number of nitrogens with zero attached hydrogens (tertiary/aromatic N) is 2. The molecule has 0 aromatic heterocycles. The summed E-state index contributed by atoms with van der Waals surface area (Å²) >= 11 is 0. The highest BCUT2D eigenvalue weighted by molar-refractivity contribution is 4.50. The van der Waals surface area contributed by atoms with Gasteiger partial charge in [0.1, 0.15) is 0 Å². The Kier molecular flexibility index (Phi) is 9.85. The highest BCUT2D eigenvalue weighted by atomic mass is 15.6. The van der Waals surface area contributed by atoms with Crippen molar-refractivity contribution >= 4 is 0 Å². The minimum atomic E-state index is 0.606. The topological polar surface area (TPSA) is 6.48 Å². The van der Waals surface area contributed by atoms with Crippen molar-refractivity contribution in [3.8, 4) is 0 Å². The molecule has 0 saturated heterocycles. The van der Waals surface area contributed by atoms with Crippen LogP contribution < -0.4 is 0 Å². The first-order chi connectivity index (χ1) is 5.09. The second kappa shape index (κ2) is 8.02. The molecular formula is C9H24N2. The van der Waals surface area contributed by atoms with Gasteiger partial charge in [-0.2, -0.15) is 0 Å². The lowest BCUT2D eigenvalue weighted by Crippen LogP contribution is -2.40. The van der Waals surface area contributed by atoms with Crippen LogP contribution in [0.4, 0.5) is 0 Å². The van der Waals surface area contributed by atoms with Crippen LogP contribution in [0.25, 0.3) is 0 Å². The van der Waals surface area contributed by atoms with Gasteiger partial charge < -0.3 is 0 Å². The Labute approximate surface area is 72.2 Å². The Morgan fingerprint density at radius 1 is 1.09 bits per heavy atom. The summed E-state index contributed by atoms with van der Waals surface area (Å²) in [5, 5.41) is 4.42. The summed E-state index contributed by atoms with van der Waals surface area (Å²) in [5.74, 6) is 0. The second-order valence-corrected chi connectivity index (χ2v) is 2.64. The van der Waals surface area contributed by atoms with Crippen LogP contribution >= 0.6 is 0 Å². The van der Waals surface area contributed by atoms with E-state index in [1.807, 2.05) is 13.8 Å². The van der Waals surface area contributed by atoms with Gasteiger partial charge in [0.25, 0.3) is 0 Å². The van der Waals surface area contributed by atoms with E-state index in [2.05, 4.69) is 44.9 Å². The maximum absolute atomic E-state index is 2.22. The molecule has 0 bridgehead atoms. The molecular weight excluding hydrogens is 136 g/mol. The van der Waals surface area contributed by atoms with Crippen molar-refractivity contribution in [2.45, 2.75) is 40.7 Å². The van der Waals surface area contributed by atoms with E-state index in [0.29, 0.717) is 6.04 Å². The zero-order valence-electron chi connectivity index (χ0n) is 9.18. The summed E-state index contributed by atoms with van der Waals surface area (Å²) in [4.78, 5) is 0. The van der Waals surface area contributed by atoms with Crippen molar-refractivity contribution < 1.29 is 0 Å². The third-order valence-corrected chi connectivity index (χ3v) is 1.74. The molecule has 0 atom stereocenters. The van der Waals surface area contributed by atoms with E-state index in [1.54, 1.807) is 0 Å². The molecule has 0 saturated carbocycles. The van der Waals surface area contributed by atoms with Gasteiger partial charge in [0.2, 0.25) is 0 Å². The van der Waals surface area contributed by atoms with Gasteiger partial charge in [-0.15, -0.1) is 0 Å². The van der Waals surface area contributed by atoms with Crippen LogP contribution in [-0.2, 0) is 0 Å². The molecule has 11 heavy (non-hydrogen) atoms. The van der Waals surface area contributed by atoms with Crippen LogP contribution in [0.1, 0.15) is 34.6 Å². The molecule has 0 spiro atoms.